The highest BCUT2D eigenvalue weighted by Gasteiger charge is 2.11. The molecule has 0 heterocycles. The highest BCUT2D eigenvalue weighted by atomic mass is 127. The van der Waals surface area contributed by atoms with E-state index in [1.165, 1.54) is 19.3 Å². The third-order valence-corrected chi connectivity index (χ3v) is 5.61. The Morgan fingerprint density at radius 1 is 0.938 bits per heavy atom. The van der Waals surface area contributed by atoms with E-state index >= 15 is 0 Å². The van der Waals surface area contributed by atoms with Crippen molar-refractivity contribution in [3.8, 4) is 11.5 Å². The number of thiocarbonyl (C=S) groups is 1. The average molecular weight is 569 g/mol. The second-order valence-electron chi connectivity index (χ2n) is 7.00. The molecule has 0 atom stereocenters. The van der Waals surface area contributed by atoms with E-state index in [9.17, 15) is 9.59 Å². The second-order valence-corrected chi connectivity index (χ2v) is 8.57. The molecule has 0 saturated carbocycles. The molecule has 172 valence electrons. The van der Waals surface area contributed by atoms with Crippen LogP contribution in [0.1, 0.15) is 59.7 Å². The van der Waals surface area contributed by atoms with Crippen LogP contribution in [-0.4, -0.2) is 30.6 Å². The van der Waals surface area contributed by atoms with E-state index in [0.717, 1.165) is 22.2 Å². The van der Waals surface area contributed by atoms with E-state index in [4.69, 9.17) is 21.7 Å². The van der Waals surface area contributed by atoms with Crippen molar-refractivity contribution < 1.29 is 19.1 Å². The zero-order chi connectivity index (χ0) is 23.3. The van der Waals surface area contributed by atoms with Crippen LogP contribution in [0.3, 0.4) is 0 Å². The van der Waals surface area contributed by atoms with Crippen molar-refractivity contribution in [1.29, 1.82) is 0 Å². The van der Waals surface area contributed by atoms with Gasteiger partial charge in [-0.25, -0.2) is 0 Å². The molecule has 0 aliphatic heterocycles. The molecule has 2 aromatic carbocycles. The summed E-state index contributed by atoms with van der Waals surface area (Å²) in [6.07, 6.45) is 5.88. The first-order chi connectivity index (χ1) is 15.4. The number of nitrogens with one attached hydrogen (secondary N) is 3. The number of benzene rings is 2. The number of hydrogen-bond acceptors (Lipinski definition) is 5. The topological polar surface area (TPSA) is 88.7 Å². The van der Waals surface area contributed by atoms with Gasteiger partial charge in [0.05, 0.1) is 17.3 Å². The molecule has 2 amide bonds. The Kier molecular flexibility index (Phi) is 11.2. The first kappa shape index (κ1) is 25.9. The number of halogens is 1. The van der Waals surface area contributed by atoms with Gasteiger partial charge in [0.15, 0.2) is 5.11 Å². The van der Waals surface area contributed by atoms with Gasteiger partial charge in [-0.05, 0) is 83.7 Å². The fourth-order valence-electron chi connectivity index (χ4n) is 2.80. The lowest BCUT2D eigenvalue weighted by atomic mass is 10.2. The Morgan fingerprint density at radius 3 is 2.28 bits per heavy atom. The van der Waals surface area contributed by atoms with Crippen molar-refractivity contribution in [3.05, 3.63) is 57.2 Å². The van der Waals surface area contributed by atoms with Crippen molar-refractivity contribution in [2.75, 3.05) is 13.7 Å². The molecule has 7 nitrogen and oxygen atoms in total. The minimum absolute atomic E-state index is 0.0148. The lowest BCUT2D eigenvalue weighted by Gasteiger charge is -2.12. The molecule has 0 fully saturated rings. The number of ether oxygens (including phenoxy) is 2. The number of hydrogen-bond donors (Lipinski definition) is 3. The monoisotopic (exact) mass is 569 g/mol. The van der Waals surface area contributed by atoms with Gasteiger partial charge >= 0.3 is 0 Å². The number of rotatable bonds is 10. The van der Waals surface area contributed by atoms with Crippen LogP contribution in [0.4, 0.5) is 0 Å². The largest absolute Gasteiger partial charge is 0.496 e. The molecule has 0 aliphatic carbocycles. The predicted octanol–water partition coefficient (Wildman–Crippen LogP) is 4.60. The van der Waals surface area contributed by atoms with E-state index in [1.54, 1.807) is 49.6 Å². The average Bonchev–Trinajstić information content (AvgIpc) is 2.80. The van der Waals surface area contributed by atoms with Crippen molar-refractivity contribution in [1.82, 2.24) is 16.2 Å². The van der Waals surface area contributed by atoms with Crippen LogP contribution in [0.2, 0.25) is 0 Å². The van der Waals surface area contributed by atoms with Gasteiger partial charge in [0, 0.05) is 11.1 Å². The lowest BCUT2D eigenvalue weighted by Crippen LogP contribution is -2.48. The standard InChI is InChI=1S/C23H28IN3O4S/c1-3-4-5-6-7-14-31-18-11-8-16(9-12-18)21(28)25-23(32)27-26-22(29)17-10-13-20(30-2)19(24)15-17/h8-13,15H,3-7,14H2,1-2H3,(H,26,29)(H2,25,27,28,32). The van der Waals surface area contributed by atoms with Crippen molar-refractivity contribution in [2.45, 2.75) is 39.0 Å². The van der Waals surface area contributed by atoms with E-state index in [-0.39, 0.29) is 11.0 Å². The third-order valence-electron chi connectivity index (χ3n) is 4.56. The van der Waals surface area contributed by atoms with E-state index in [2.05, 4.69) is 45.7 Å². The molecule has 0 saturated heterocycles. The van der Waals surface area contributed by atoms with Gasteiger partial charge in [-0.1, -0.05) is 32.6 Å². The summed E-state index contributed by atoms with van der Waals surface area (Å²) in [6, 6.07) is 11.9. The molecule has 0 spiro atoms. The fraction of sp³-hybridized carbons (Fsp3) is 0.348. The molecule has 2 rings (SSSR count). The number of amides is 2. The predicted molar refractivity (Wildman–Crippen MR) is 137 cm³/mol. The summed E-state index contributed by atoms with van der Waals surface area (Å²) < 4.78 is 11.7. The molecule has 32 heavy (non-hydrogen) atoms. The summed E-state index contributed by atoms with van der Waals surface area (Å²) in [5, 5.41) is 2.51. The van der Waals surface area contributed by atoms with Crippen molar-refractivity contribution in [2.24, 2.45) is 0 Å². The Morgan fingerprint density at radius 2 is 1.62 bits per heavy atom. The van der Waals surface area contributed by atoms with Gasteiger partial charge < -0.3 is 9.47 Å². The summed E-state index contributed by atoms with van der Waals surface area (Å²) in [5.41, 5.74) is 5.85. The zero-order valence-electron chi connectivity index (χ0n) is 18.2. The van der Waals surface area contributed by atoms with Crippen LogP contribution in [0, 0.1) is 3.57 Å². The summed E-state index contributed by atoms with van der Waals surface area (Å²) in [6.45, 7) is 2.85. The third kappa shape index (κ3) is 8.62. The SMILES string of the molecule is CCCCCCCOc1ccc(C(=O)NC(=S)NNC(=O)c2ccc(OC)c(I)c2)cc1. The van der Waals surface area contributed by atoms with Gasteiger partial charge in [0.2, 0.25) is 0 Å². The van der Waals surface area contributed by atoms with Crippen LogP contribution < -0.4 is 25.6 Å². The van der Waals surface area contributed by atoms with Gasteiger partial charge in [-0.3, -0.25) is 25.8 Å². The van der Waals surface area contributed by atoms with E-state index in [1.807, 2.05) is 0 Å². The van der Waals surface area contributed by atoms with Crippen molar-refractivity contribution >= 4 is 51.7 Å². The number of hydrazine groups is 1. The summed E-state index contributed by atoms with van der Waals surface area (Å²) in [5.74, 6) is 0.626. The maximum Gasteiger partial charge on any atom is 0.269 e. The minimum atomic E-state index is -0.390. The molecular formula is C23H28IN3O4S. The lowest BCUT2D eigenvalue weighted by molar-refractivity contribution is 0.0934. The van der Waals surface area contributed by atoms with Gasteiger partial charge in [-0.15, -0.1) is 0 Å². The quantitative estimate of drug-likeness (QED) is 0.168. The smallest absolute Gasteiger partial charge is 0.269 e. The van der Waals surface area contributed by atoms with Crippen LogP contribution in [0.25, 0.3) is 0 Å². The van der Waals surface area contributed by atoms with E-state index < -0.39 is 5.91 Å². The molecule has 0 unspecified atom stereocenters. The van der Waals surface area contributed by atoms with Gasteiger partial charge in [-0.2, -0.15) is 0 Å². The molecule has 0 radical (unpaired) electrons. The maximum atomic E-state index is 12.3. The highest BCUT2D eigenvalue weighted by molar-refractivity contribution is 14.1. The number of carbonyl (C=O) groups is 2. The van der Waals surface area contributed by atoms with Crippen LogP contribution in [0.15, 0.2) is 42.5 Å². The minimum Gasteiger partial charge on any atom is -0.496 e. The highest BCUT2D eigenvalue weighted by Crippen LogP contribution is 2.21. The Bertz CT molecular complexity index is 922. The zero-order valence-corrected chi connectivity index (χ0v) is 21.2. The van der Waals surface area contributed by atoms with Crippen LogP contribution in [-0.2, 0) is 0 Å². The molecule has 3 N–H and O–H groups in total. The number of carbonyl (C=O) groups excluding carboxylic acids is 2. The van der Waals surface area contributed by atoms with E-state index in [0.29, 0.717) is 23.5 Å². The Hall–Kier alpha value is -2.40. The molecule has 9 heteroatoms. The molecular weight excluding hydrogens is 541 g/mol. The first-order valence-electron chi connectivity index (χ1n) is 10.4. The summed E-state index contributed by atoms with van der Waals surface area (Å²) in [4.78, 5) is 24.6. The molecule has 0 bridgehead atoms. The molecule has 0 aromatic heterocycles. The Balaban J connectivity index is 1.75. The molecule has 0 aliphatic rings. The van der Waals surface area contributed by atoms with Crippen LogP contribution >= 0.6 is 34.8 Å². The summed E-state index contributed by atoms with van der Waals surface area (Å²) in [7, 11) is 1.57. The molecule has 2 aromatic rings. The van der Waals surface area contributed by atoms with Crippen LogP contribution in [0.5, 0.6) is 11.5 Å². The normalized spacial score (nSPS) is 10.2. The maximum absolute atomic E-state index is 12.3. The Labute approximate surface area is 207 Å². The van der Waals surface area contributed by atoms with Gasteiger partial charge in [0.25, 0.3) is 11.8 Å². The fourth-order valence-corrected chi connectivity index (χ4v) is 3.68. The number of unbranched alkanes of at least 4 members (excludes halogenated alkanes) is 4. The number of methoxy groups -OCH3 is 1. The van der Waals surface area contributed by atoms with Crippen molar-refractivity contribution in [3.63, 3.8) is 0 Å². The summed E-state index contributed by atoms with van der Waals surface area (Å²) >= 11 is 7.17. The second kappa shape index (κ2) is 13.9. The first-order valence-corrected chi connectivity index (χ1v) is 11.9. The van der Waals surface area contributed by atoms with Gasteiger partial charge in [0.1, 0.15) is 11.5 Å².